The Kier molecular flexibility index (Phi) is 10.3. The summed E-state index contributed by atoms with van der Waals surface area (Å²) in [5.74, 6) is -3.42. The van der Waals surface area contributed by atoms with E-state index < -0.39 is 49.3 Å². The number of fused-ring (bicyclic) bond motifs is 1. The summed E-state index contributed by atoms with van der Waals surface area (Å²) in [7, 11) is -0.816. The van der Waals surface area contributed by atoms with Crippen LogP contribution in [-0.2, 0) is 30.0 Å². The van der Waals surface area contributed by atoms with Crippen LogP contribution < -0.4 is 0 Å². The zero-order valence-corrected chi connectivity index (χ0v) is 30.1. The summed E-state index contributed by atoms with van der Waals surface area (Å²) in [5.41, 5.74) is -1.08. The molecule has 7 nitrogen and oxygen atoms in total. The van der Waals surface area contributed by atoms with Crippen LogP contribution in [0.4, 0.5) is 4.39 Å². The van der Waals surface area contributed by atoms with Gasteiger partial charge in [0, 0.05) is 35.9 Å². The number of carbonyl (C=O) groups is 2. The molecule has 2 aliphatic rings. The van der Waals surface area contributed by atoms with Crippen molar-refractivity contribution in [3.05, 3.63) is 104 Å². The Morgan fingerprint density at radius 3 is 2.17 bits per heavy atom. The lowest BCUT2D eigenvalue weighted by Gasteiger charge is -2.46. The van der Waals surface area contributed by atoms with Gasteiger partial charge in [0.05, 0.1) is 28.7 Å². The van der Waals surface area contributed by atoms with E-state index in [0.29, 0.717) is 46.4 Å². The third-order valence-electron chi connectivity index (χ3n) is 9.48. The van der Waals surface area contributed by atoms with Crippen LogP contribution in [-0.4, -0.2) is 50.5 Å². The molecule has 11 heteroatoms. The molecule has 1 N–H and O–H groups in total. The van der Waals surface area contributed by atoms with E-state index >= 15 is 4.39 Å². The lowest BCUT2D eigenvalue weighted by Crippen LogP contribution is -2.51. The third kappa shape index (κ3) is 6.38. The Bertz CT molecular complexity index is 1630. The molecule has 0 saturated carbocycles. The first kappa shape index (κ1) is 35.5. The molecule has 0 spiro atoms. The van der Waals surface area contributed by atoms with Gasteiger partial charge in [-0.2, -0.15) is 0 Å². The zero-order chi connectivity index (χ0) is 34.3. The van der Waals surface area contributed by atoms with Gasteiger partial charge in [0.1, 0.15) is 5.82 Å². The van der Waals surface area contributed by atoms with E-state index in [1.165, 1.54) is 25.0 Å². The van der Waals surface area contributed by atoms with Gasteiger partial charge in [-0.15, -0.1) is 0 Å². The van der Waals surface area contributed by atoms with E-state index in [1.54, 1.807) is 54.6 Å². The van der Waals surface area contributed by atoms with Crippen LogP contribution in [0.15, 0.2) is 60.7 Å². The van der Waals surface area contributed by atoms with Gasteiger partial charge in [0.2, 0.25) is 0 Å². The third-order valence-corrected chi connectivity index (χ3v) is 11.0. The van der Waals surface area contributed by atoms with E-state index in [-0.39, 0.29) is 17.0 Å². The van der Waals surface area contributed by atoms with Crippen molar-refractivity contribution in [1.82, 2.24) is 4.90 Å². The first-order valence-corrected chi connectivity index (χ1v) is 20.1. The van der Waals surface area contributed by atoms with Crippen LogP contribution in [0, 0.1) is 17.7 Å². The average molecular weight is 703 g/mol. The van der Waals surface area contributed by atoms with Gasteiger partial charge in [0.25, 0.3) is 5.91 Å². The number of halogens is 3. The van der Waals surface area contributed by atoms with Crippen LogP contribution in [0.25, 0.3) is 0 Å². The predicted molar refractivity (Wildman–Crippen MR) is 183 cm³/mol. The number of hydrogen-bond acceptors (Lipinski definition) is 5. The molecule has 2 heterocycles. The number of carbonyl (C=O) groups excluding carboxylic acids is 1. The number of benzene rings is 3. The van der Waals surface area contributed by atoms with Gasteiger partial charge in [-0.3, -0.25) is 14.5 Å². The largest absolute Gasteiger partial charge is 0.481 e. The Morgan fingerprint density at radius 1 is 1.09 bits per heavy atom. The highest BCUT2D eigenvalue weighted by Gasteiger charge is 2.58. The summed E-state index contributed by atoms with van der Waals surface area (Å²) in [5, 5.41) is 11.2. The van der Waals surface area contributed by atoms with Crippen molar-refractivity contribution in [2.24, 2.45) is 11.8 Å². The molecule has 2 aliphatic heterocycles. The van der Waals surface area contributed by atoms with E-state index in [0.717, 1.165) is 12.8 Å². The van der Waals surface area contributed by atoms with Crippen LogP contribution in [0.2, 0.25) is 29.7 Å². The number of methoxy groups -OCH3 is 1. The SMILES string of the molecule is CCC(O[Si](C)(C)C)(c1cc(F)c2c(c1)C(=O)N(C(c1ccc(Cl)cc1)C(C)C(=O)O)[C@@]2(OC)c1ccc(Cl)cc1)C1CCOCC1. The van der Waals surface area contributed by atoms with Crippen LogP contribution >= 0.6 is 23.2 Å². The second-order valence-electron chi connectivity index (χ2n) is 13.4. The van der Waals surface area contributed by atoms with E-state index in [4.69, 9.17) is 37.1 Å². The summed E-state index contributed by atoms with van der Waals surface area (Å²) >= 11 is 12.5. The molecular formula is C36H42Cl2FNO6Si. The number of ether oxygens (including phenoxy) is 2. The van der Waals surface area contributed by atoms with Crippen molar-refractivity contribution in [2.75, 3.05) is 20.3 Å². The molecule has 0 radical (unpaired) electrons. The quantitative estimate of drug-likeness (QED) is 0.201. The minimum atomic E-state index is -2.21. The second-order valence-corrected chi connectivity index (χ2v) is 18.7. The van der Waals surface area contributed by atoms with E-state index in [9.17, 15) is 14.7 Å². The summed E-state index contributed by atoms with van der Waals surface area (Å²) in [6.07, 6.45) is 2.03. The molecule has 3 aromatic rings. The Hall–Kier alpha value is -2.79. The number of carboxylic acids is 1. The summed E-state index contributed by atoms with van der Waals surface area (Å²) in [6, 6.07) is 15.4. The normalized spacial score (nSPS) is 21.3. The highest BCUT2D eigenvalue weighted by Crippen LogP contribution is 2.54. The number of hydrogen-bond donors (Lipinski definition) is 1. The zero-order valence-electron chi connectivity index (χ0n) is 27.6. The maximum absolute atomic E-state index is 17.2. The Balaban J connectivity index is 1.82. The molecule has 1 amide bonds. The van der Waals surface area contributed by atoms with Gasteiger partial charge in [-0.25, -0.2) is 4.39 Å². The summed E-state index contributed by atoms with van der Waals surface area (Å²) in [6.45, 7) is 11.0. The highest BCUT2D eigenvalue weighted by atomic mass is 35.5. The minimum absolute atomic E-state index is 0.0117. The highest BCUT2D eigenvalue weighted by molar-refractivity contribution is 6.69. The molecule has 47 heavy (non-hydrogen) atoms. The van der Waals surface area contributed by atoms with Gasteiger partial charge >= 0.3 is 5.97 Å². The predicted octanol–water partition coefficient (Wildman–Crippen LogP) is 8.78. The maximum Gasteiger partial charge on any atom is 0.308 e. The van der Waals surface area contributed by atoms with Crippen LogP contribution in [0.1, 0.15) is 71.8 Å². The number of aliphatic carboxylic acids is 1. The number of amides is 1. The minimum Gasteiger partial charge on any atom is -0.481 e. The smallest absolute Gasteiger partial charge is 0.308 e. The van der Waals surface area contributed by atoms with Crippen molar-refractivity contribution >= 4 is 43.4 Å². The molecule has 0 aromatic heterocycles. The molecule has 4 atom stereocenters. The molecule has 1 saturated heterocycles. The van der Waals surface area contributed by atoms with E-state index in [2.05, 4.69) is 19.6 Å². The topological polar surface area (TPSA) is 85.3 Å². The molecule has 3 unspecified atom stereocenters. The number of nitrogens with zero attached hydrogens (tertiary/aromatic N) is 1. The van der Waals surface area contributed by atoms with Crippen molar-refractivity contribution < 1.29 is 33.0 Å². The second kappa shape index (κ2) is 13.6. The molecule has 3 aromatic carbocycles. The van der Waals surface area contributed by atoms with Gasteiger partial charge in [-0.1, -0.05) is 54.4 Å². The fourth-order valence-electron chi connectivity index (χ4n) is 7.47. The van der Waals surface area contributed by atoms with Crippen molar-refractivity contribution in [1.29, 1.82) is 0 Å². The molecule has 0 aliphatic carbocycles. The van der Waals surface area contributed by atoms with Crippen LogP contribution in [0.5, 0.6) is 0 Å². The van der Waals surface area contributed by atoms with Gasteiger partial charge in [-0.05, 0) is 99.3 Å². The number of carboxylic acid groups (broad SMARTS) is 1. The van der Waals surface area contributed by atoms with Gasteiger partial charge < -0.3 is 19.0 Å². The fourth-order valence-corrected chi connectivity index (χ4v) is 9.24. The lowest BCUT2D eigenvalue weighted by molar-refractivity contribution is -0.149. The lowest BCUT2D eigenvalue weighted by atomic mass is 9.74. The molecule has 252 valence electrons. The number of rotatable bonds is 11. The Morgan fingerprint density at radius 2 is 1.66 bits per heavy atom. The van der Waals surface area contributed by atoms with Crippen molar-refractivity contribution in [3.63, 3.8) is 0 Å². The van der Waals surface area contributed by atoms with E-state index in [1.807, 2.05) is 6.92 Å². The first-order valence-electron chi connectivity index (χ1n) is 16.0. The standard InChI is InChI=1S/C36H42Cl2FNO6Si/c1-7-35(46-47(4,5)6,24-16-18-45-19-17-24)26-20-29-31(30(39)21-26)36(44-3,25-10-14-28(38)15-11-25)40(33(29)41)32(22(2)34(42)43)23-8-12-27(37)13-9-23/h8-15,20-22,24,32H,7,16-19H2,1-6H3,(H,42,43)/t22?,32?,35?,36-/m1/s1. The molecule has 5 rings (SSSR count). The van der Waals surface area contributed by atoms with Crippen molar-refractivity contribution in [3.8, 4) is 0 Å². The van der Waals surface area contributed by atoms with Crippen molar-refractivity contribution in [2.45, 2.75) is 70.1 Å². The van der Waals surface area contributed by atoms with Crippen LogP contribution in [0.3, 0.4) is 0 Å². The maximum atomic E-state index is 17.2. The molecular weight excluding hydrogens is 660 g/mol. The summed E-state index contributed by atoms with van der Waals surface area (Å²) in [4.78, 5) is 29.0. The molecule has 1 fully saturated rings. The average Bonchev–Trinajstić information content (AvgIpc) is 3.29. The summed E-state index contributed by atoms with van der Waals surface area (Å²) < 4.78 is 36.2. The van der Waals surface area contributed by atoms with Gasteiger partial charge in [0.15, 0.2) is 14.0 Å². The fraction of sp³-hybridized carbons (Fsp3) is 0.444. The molecule has 0 bridgehead atoms. The first-order chi connectivity index (χ1) is 22.2. The monoisotopic (exact) mass is 701 g/mol. The Labute approximate surface area is 287 Å².